The van der Waals surface area contributed by atoms with E-state index in [0.29, 0.717) is 18.2 Å². The second-order valence-electron chi connectivity index (χ2n) is 6.90. The number of fused-ring (bicyclic) bond motifs is 1. The van der Waals surface area contributed by atoms with Crippen LogP contribution in [0.4, 0.5) is 5.69 Å². The number of para-hydroxylation sites is 1. The molecule has 3 N–H and O–H groups in total. The Labute approximate surface area is 154 Å². The summed E-state index contributed by atoms with van der Waals surface area (Å²) in [6.07, 6.45) is 5.61. The number of pyridine rings is 1. The Morgan fingerprint density at radius 3 is 2.88 bits per heavy atom. The number of benzene rings is 1. The zero-order chi connectivity index (χ0) is 18.4. The molecule has 0 saturated carbocycles. The third-order valence-electron chi connectivity index (χ3n) is 4.40. The van der Waals surface area contributed by atoms with E-state index in [4.69, 9.17) is 0 Å². The van der Waals surface area contributed by atoms with E-state index in [1.165, 1.54) is 10.9 Å². The number of hydrogen-bond acceptors (Lipinski definition) is 3. The maximum atomic E-state index is 12.2. The first-order valence-electron chi connectivity index (χ1n) is 9.16. The quantitative estimate of drug-likeness (QED) is 0.575. The molecule has 2 heterocycles. The molecule has 0 fully saturated rings. The number of nitrogens with zero attached hydrogens (tertiary/aromatic N) is 1. The van der Waals surface area contributed by atoms with Gasteiger partial charge in [0.2, 0.25) is 0 Å². The van der Waals surface area contributed by atoms with E-state index in [1.807, 2.05) is 12.1 Å². The van der Waals surface area contributed by atoms with Crippen molar-refractivity contribution in [2.24, 2.45) is 5.92 Å². The van der Waals surface area contributed by atoms with Crippen LogP contribution in [-0.2, 0) is 6.42 Å². The molecule has 0 atom stereocenters. The fourth-order valence-corrected chi connectivity index (χ4v) is 2.91. The Bertz CT molecular complexity index is 869. The zero-order valence-corrected chi connectivity index (χ0v) is 15.4. The molecule has 3 rings (SSSR count). The molecular formula is C21H26N4O. The summed E-state index contributed by atoms with van der Waals surface area (Å²) < 4.78 is 0. The maximum Gasteiger partial charge on any atom is 0.269 e. The minimum Gasteiger partial charge on any atom is -0.385 e. The Morgan fingerprint density at radius 2 is 2.04 bits per heavy atom. The van der Waals surface area contributed by atoms with Crippen LogP contribution in [0.3, 0.4) is 0 Å². The van der Waals surface area contributed by atoms with Gasteiger partial charge in [-0.2, -0.15) is 0 Å². The Kier molecular flexibility index (Phi) is 5.89. The lowest BCUT2D eigenvalue weighted by atomic mass is 10.1. The SMILES string of the molecule is CC(C)CCNC(=O)c1cc(NCCc2c[nH]c3ccccc23)ccn1. The van der Waals surface area contributed by atoms with E-state index in [-0.39, 0.29) is 5.91 Å². The first-order chi connectivity index (χ1) is 12.6. The maximum absolute atomic E-state index is 12.2. The molecule has 5 nitrogen and oxygen atoms in total. The lowest BCUT2D eigenvalue weighted by Crippen LogP contribution is -2.26. The van der Waals surface area contributed by atoms with Crippen molar-refractivity contribution in [3.63, 3.8) is 0 Å². The van der Waals surface area contributed by atoms with Gasteiger partial charge < -0.3 is 15.6 Å². The van der Waals surface area contributed by atoms with Crippen LogP contribution >= 0.6 is 0 Å². The van der Waals surface area contributed by atoms with Crippen LogP contribution in [0, 0.1) is 5.92 Å². The van der Waals surface area contributed by atoms with Crippen LogP contribution in [0.1, 0.15) is 36.3 Å². The van der Waals surface area contributed by atoms with E-state index in [9.17, 15) is 4.79 Å². The van der Waals surface area contributed by atoms with Gasteiger partial charge in [-0.05, 0) is 42.5 Å². The molecular weight excluding hydrogens is 324 g/mol. The molecule has 0 unspecified atom stereocenters. The first kappa shape index (κ1) is 18.0. The summed E-state index contributed by atoms with van der Waals surface area (Å²) in [6.45, 7) is 5.75. The summed E-state index contributed by atoms with van der Waals surface area (Å²) in [5, 5.41) is 7.56. The first-order valence-corrected chi connectivity index (χ1v) is 9.16. The summed E-state index contributed by atoms with van der Waals surface area (Å²) in [6, 6.07) is 12.0. The number of carbonyl (C=O) groups is 1. The summed E-state index contributed by atoms with van der Waals surface area (Å²) >= 11 is 0. The van der Waals surface area contributed by atoms with Crippen LogP contribution in [0.2, 0.25) is 0 Å². The molecule has 0 radical (unpaired) electrons. The Balaban J connectivity index is 1.54. The normalized spacial score (nSPS) is 11.0. The zero-order valence-electron chi connectivity index (χ0n) is 15.4. The summed E-state index contributed by atoms with van der Waals surface area (Å²) in [5.41, 5.74) is 3.81. The van der Waals surface area contributed by atoms with E-state index >= 15 is 0 Å². The highest BCUT2D eigenvalue weighted by molar-refractivity contribution is 5.93. The molecule has 0 aliphatic heterocycles. The third kappa shape index (κ3) is 4.63. The van der Waals surface area contributed by atoms with E-state index < -0.39 is 0 Å². The van der Waals surface area contributed by atoms with E-state index in [2.05, 4.69) is 58.8 Å². The lowest BCUT2D eigenvalue weighted by molar-refractivity contribution is 0.0947. The molecule has 3 aromatic rings. The molecule has 0 aliphatic rings. The molecule has 1 amide bonds. The predicted octanol–water partition coefficient (Wildman–Crippen LogP) is 3.99. The van der Waals surface area contributed by atoms with Gasteiger partial charge in [0.1, 0.15) is 5.69 Å². The minimum atomic E-state index is -0.120. The van der Waals surface area contributed by atoms with Gasteiger partial charge >= 0.3 is 0 Å². The highest BCUT2D eigenvalue weighted by Gasteiger charge is 2.08. The van der Waals surface area contributed by atoms with Gasteiger partial charge in [0, 0.05) is 42.1 Å². The van der Waals surface area contributed by atoms with Gasteiger partial charge in [0.25, 0.3) is 5.91 Å². The fraction of sp³-hybridized carbons (Fsp3) is 0.333. The number of rotatable bonds is 8. The largest absolute Gasteiger partial charge is 0.385 e. The number of H-pyrrole nitrogens is 1. The number of hydrogen-bond donors (Lipinski definition) is 3. The van der Waals surface area contributed by atoms with Crippen LogP contribution in [0.25, 0.3) is 10.9 Å². The van der Waals surface area contributed by atoms with Crippen LogP contribution in [-0.4, -0.2) is 29.0 Å². The van der Waals surface area contributed by atoms with Gasteiger partial charge in [-0.3, -0.25) is 9.78 Å². The van der Waals surface area contributed by atoms with E-state index in [1.54, 1.807) is 12.3 Å². The standard InChI is InChI=1S/C21H26N4O/c1-15(2)7-10-24-21(26)20-13-17(9-12-23-20)22-11-8-16-14-25-19-6-4-3-5-18(16)19/h3-6,9,12-15,25H,7-8,10-11H2,1-2H3,(H,22,23)(H,24,26). The number of anilines is 1. The number of amides is 1. The van der Waals surface area contributed by atoms with Gasteiger partial charge in [0.05, 0.1) is 0 Å². The van der Waals surface area contributed by atoms with Crippen LogP contribution in [0.5, 0.6) is 0 Å². The molecule has 5 heteroatoms. The van der Waals surface area contributed by atoms with Crippen molar-refractivity contribution < 1.29 is 4.79 Å². The Morgan fingerprint density at radius 1 is 1.19 bits per heavy atom. The molecule has 0 bridgehead atoms. The van der Waals surface area contributed by atoms with Gasteiger partial charge in [-0.15, -0.1) is 0 Å². The lowest BCUT2D eigenvalue weighted by Gasteiger charge is -2.09. The molecule has 2 aromatic heterocycles. The van der Waals surface area contributed by atoms with E-state index in [0.717, 1.165) is 30.6 Å². The van der Waals surface area contributed by atoms with Crippen molar-refractivity contribution in [1.29, 1.82) is 0 Å². The van der Waals surface area contributed by atoms with Crippen molar-refractivity contribution in [2.75, 3.05) is 18.4 Å². The number of aromatic nitrogens is 2. The van der Waals surface area contributed by atoms with Crippen molar-refractivity contribution in [3.05, 3.63) is 60.0 Å². The average Bonchev–Trinajstić information content (AvgIpc) is 3.05. The van der Waals surface area contributed by atoms with Crippen LogP contribution in [0.15, 0.2) is 48.8 Å². The second-order valence-corrected chi connectivity index (χ2v) is 6.90. The molecule has 0 saturated heterocycles. The molecule has 0 aliphatic carbocycles. The average molecular weight is 350 g/mol. The molecule has 1 aromatic carbocycles. The monoisotopic (exact) mass is 350 g/mol. The Hall–Kier alpha value is -2.82. The smallest absolute Gasteiger partial charge is 0.269 e. The summed E-state index contributed by atoms with van der Waals surface area (Å²) in [4.78, 5) is 19.7. The number of carbonyl (C=O) groups excluding carboxylic acids is 1. The number of nitrogens with one attached hydrogen (secondary N) is 3. The van der Waals surface area contributed by atoms with Crippen molar-refractivity contribution >= 4 is 22.5 Å². The number of aromatic amines is 1. The van der Waals surface area contributed by atoms with Crippen molar-refractivity contribution in [1.82, 2.24) is 15.3 Å². The fourth-order valence-electron chi connectivity index (χ4n) is 2.91. The van der Waals surface area contributed by atoms with Gasteiger partial charge in [-0.25, -0.2) is 0 Å². The summed E-state index contributed by atoms with van der Waals surface area (Å²) in [5.74, 6) is 0.451. The second kappa shape index (κ2) is 8.52. The van der Waals surface area contributed by atoms with Crippen molar-refractivity contribution in [3.8, 4) is 0 Å². The molecule has 136 valence electrons. The highest BCUT2D eigenvalue weighted by Crippen LogP contribution is 2.18. The molecule has 0 spiro atoms. The van der Waals surface area contributed by atoms with Gasteiger partial charge in [0.15, 0.2) is 0 Å². The van der Waals surface area contributed by atoms with Crippen molar-refractivity contribution in [2.45, 2.75) is 26.7 Å². The topological polar surface area (TPSA) is 69.8 Å². The minimum absolute atomic E-state index is 0.120. The highest BCUT2D eigenvalue weighted by atomic mass is 16.1. The van der Waals surface area contributed by atoms with Gasteiger partial charge in [-0.1, -0.05) is 32.0 Å². The molecule has 26 heavy (non-hydrogen) atoms. The summed E-state index contributed by atoms with van der Waals surface area (Å²) in [7, 11) is 0. The predicted molar refractivity (Wildman–Crippen MR) is 107 cm³/mol. The third-order valence-corrected chi connectivity index (χ3v) is 4.40. The van der Waals surface area contributed by atoms with Crippen LogP contribution < -0.4 is 10.6 Å².